The van der Waals surface area contributed by atoms with Gasteiger partial charge in [-0.3, -0.25) is 9.59 Å². The number of morpholine rings is 1. The lowest BCUT2D eigenvalue weighted by Crippen LogP contribution is -2.45. The average molecular weight is 297 g/mol. The van der Waals surface area contributed by atoms with Crippen LogP contribution in [0.3, 0.4) is 0 Å². The van der Waals surface area contributed by atoms with Crippen molar-refractivity contribution in [3.63, 3.8) is 0 Å². The molecule has 6 nitrogen and oxygen atoms in total. The van der Waals surface area contributed by atoms with Crippen molar-refractivity contribution >= 4 is 11.8 Å². The molecule has 120 valence electrons. The maximum absolute atomic E-state index is 12.0. The highest BCUT2D eigenvalue weighted by atomic mass is 16.5. The molecule has 0 aromatic rings. The molecule has 2 unspecified atom stereocenters. The Labute approximate surface area is 126 Å². The summed E-state index contributed by atoms with van der Waals surface area (Å²) < 4.78 is 5.22. The van der Waals surface area contributed by atoms with E-state index in [1.54, 1.807) is 4.90 Å². The van der Waals surface area contributed by atoms with E-state index in [9.17, 15) is 9.59 Å². The Morgan fingerprint density at radius 1 is 1.14 bits per heavy atom. The summed E-state index contributed by atoms with van der Waals surface area (Å²) in [6, 6.07) is 0.190. The molecule has 3 N–H and O–H groups in total. The fourth-order valence-corrected chi connectivity index (χ4v) is 3.15. The summed E-state index contributed by atoms with van der Waals surface area (Å²) in [7, 11) is 0. The third kappa shape index (κ3) is 4.97. The van der Waals surface area contributed by atoms with Crippen molar-refractivity contribution in [2.45, 2.75) is 44.6 Å². The molecule has 21 heavy (non-hydrogen) atoms. The number of hydrogen-bond donors (Lipinski definition) is 2. The predicted octanol–water partition coefficient (Wildman–Crippen LogP) is 0.259. The van der Waals surface area contributed by atoms with Gasteiger partial charge in [0.05, 0.1) is 13.2 Å². The van der Waals surface area contributed by atoms with E-state index in [0.717, 1.165) is 19.3 Å². The van der Waals surface area contributed by atoms with Gasteiger partial charge in [0.2, 0.25) is 11.8 Å². The number of nitrogens with two attached hydrogens (primary N) is 1. The van der Waals surface area contributed by atoms with Crippen LogP contribution in [0.4, 0.5) is 0 Å². The van der Waals surface area contributed by atoms with E-state index in [1.807, 2.05) is 0 Å². The minimum atomic E-state index is -0.0260. The van der Waals surface area contributed by atoms with Crippen molar-refractivity contribution in [1.29, 1.82) is 0 Å². The first kappa shape index (κ1) is 16.2. The number of carbonyl (C=O) groups is 2. The molecular formula is C15H27N3O3. The van der Waals surface area contributed by atoms with Crippen molar-refractivity contribution < 1.29 is 14.3 Å². The van der Waals surface area contributed by atoms with Gasteiger partial charge < -0.3 is 20.7 Å². The van der Waals surface area contributed by atoms with E-state index >= 15 is 0 Å². The molecule has 2 rings (SSSR count). The van der Waals surface area contributed by atoms with Crippen LogP contribution in [-0.4, -0.2) is 55.6 Å². The molecule has 2 aliphatic rings. The molecule has 0 spiro atoms. The predicted molar refractivity (Wildman–Crippen MR) is 79.6 cm³/mol. The van der Waals surface area contributed by atoms with E-state index in [0.29, 0.717) is 38.8 Å². The highest BCUT2D eigenvalue weighted by Gasteiger charge is 2.25. The fraction of sp³-hybridized carbons (Fsp3) is 0.867. The third-order valence-electron chi connectivity index (χ3n) is 4.49. The van der Waals surface area contributed by atoms with Gasteiger partial charge in [-0.25, -0.2) is 0 Å². The van der Waals surface area contributed by atoms with Gasteiger partial charge in [0.15, 0.2) is 0 Å². The van der Waals surface area contributed by atoms with Crippen LogP contribution in [0, 0.1) is 5.92 Å². The highest BCUT2D eigenvalue weighted by Crippen LogP contribution is 2.23. The standard InChI is InChI=1S/C15H27N3O3/c16-11-12-3-1-2-4-13(12)17-14(19)5-6-15(20)18-7-9-21-10-8-18/h12-13H,1-11,16H2,(H,17,19). The number of rotatable bonds is 5. The number of nitrogens with zero attached hydrogens (tertiary/aromatic N) is 1. The Hall–Kier alpha value is -1.14. The van der Waals surface area contributed by atoms with Gasteiger partial charge >= 0.3 is 0 Å². The second kappa shape index (κ2) is 8.34. The lowest BCUT2D eigenvalue weighted by atomic mass is 9.84. The molecular weight excluding hydrogens is 270 g/mol. The summed E-state index contributed by atoms with van der Waals surface area (Å²) in [5.41, 5.74) is 5.77. The van der Waals surface area contributed by atoms with Crippen molar-refractivity contribution in [2.24, 2.45) is 11.7 Å². The summed E-state index contributed by atoms with van der Waals surface area (Å²) in [4.78, 5) is 25.8. The molecule has 0 aromatic carbocycles. The first-order chi connectivity index (χ1) is 10.2. The van der Waals surface area contributed by atoms with Crippen LogP contribution in [-0.2, 0) is 14.3 Å². The number of ether oxygens (including phenoxy) is 1. The SMILES string of the molecule is NCC1CCCCC1NC(=O)CCC(=O)N1CCOCC1. The molecule has 2 fully saturated rings. The topological polar surface area (TPSA) is 84.7 Å². The largest absolute Gasteiger partial charge is 0.378 e. The summed E-state index contributed by atoms with van der Waals surface area (Å²) in [6.45, 7) is 3.09. The van der Waals surface area contributed by atoms with E-state index < -0.39 is 0 Å². The smallest absolute Gasteiger partial charge is 0.223 e. The molecule has 2 atom stereocenters. The normalized spacial score (nSPS) is 26.4. The van der Waals surface area contributed by atoms with Crippen LogP contribution in [0.25, 0.3) is 0 Å². The molecule has 0 aromatic heterocycles. The molecule has 1 heterocycles. The van der Waals surface area contributed by atoms with Crippen molar-refractivity contribution in [3.05, 3.63) is 0 Å². The Balaban J connectivity index is 1.70. The quantitative estimate of drug-likeness (QED) is 0.762. The van der Waals surface area contributed by atoms with E-state index in [-0.39, 0.29) is 30.7 Å². The van der Waals surface area contributed by atoms with Gasteiger partial charge in [0, 0.05) is 32.0 Å². The Morgan fingerprint density at radius 3 is 2.57 bits per heavy atom. The minimum Gasteiger partial charge on any atom is -0.378 e. The van der Waals surface area contributed by atoms with Crippen LogP contribution in [0.1, 0.15) is 38.5 Å². The van der Waals surface area contributed by atoms with E-state index in [2.05, 4.69) is 5.32 Å². The molecule has 1 aliphatic carbocycles. The fourth-order valence-electron chi connectivity index (χ4n) is 3.15. The van der Waals surface area contributed by atoms with E-state index in [4.69, 9.17) is 10.5 Å². The second-order valence-electron chi connectivity index (χ2n) is 5.95. The number of carbonyl (C=O) groups excluding carboxylic acids is 2. The van der Waals surface area contributed by atoms with Crippen LogP contribution in [0.15, 0.2) is 0 Å². The Kier molecular flexibility index (Phi) is 6.45. The van der Waals surface area contributed by atoms with Gasteiger partial charge in [-0.15, -0.1) is 0 Å². The summed E-state index contributed by atoms with van der Waals surface area (Å²) in [6.07, 6.45) is 4.99. The van der Waals surface area contributed by atoms with Crippen LogP contribution >= 0.6 is 0 Å². The number of hydrogen-bond acceptors (Lipinski definition) is 4. The Morgan fingerprint density at radius 2 is 1.86 bits per heavy atom. The molecule has 0 bridgehead atoms. The number of nitrogens with one attached hydrogen (secondary N) is 1. The van der Waals surface area contributed by atoms with Crippen LogP contribution in [0.2, 0.25) is 0 Å². The monoisotopic (exact) mass is 297 g/mol. The lowest BCUT2D eigenvalue weighted by molar-refractivity contribution is -0.137. The lowest BCUT2D eigenvalue weighted by Gasteiger charge is -2.31. The first-order valence-corrected chi connectivity index (χ1v) is 8.05. The van der Waals surface area contributed by atoms with Gasteiger partial charge in [-0.2, -0.15) is 0 Å². The maximum Gasteiger partial charge on any atom is 0.223 e. The van der Waals surface area contributed by atoms with Crippen LogP contribution in [0.5, 0.6) is 0 Å². The second-order valence-corrected chi connectivity index (χ2v) is 5.95. The minimum absolute atomic E-state index is 0.0260. The third-order valence-corrected chi connectivity index (χ3v) is 4.49. The summed E-state index contributed by atoms with van der Waals surface area (Å²) in [5, 5.41) is 3.06. The van der Waals surface area contributed by atoms with Crippen LogP contribution < -0.4 is 11.1 Å². The molecule has 1 aliphatic heterocycles. The maximum atomic E-state index is 12.0. The molecule has 6 heteroatoms. The van der Waals surface area contributed by atoms with E-state index in [1.165, 1.54) is 6.42 Å². The summed E-state index contributed by atoms with van der Waals surface area (Å²) >= 11 is 0. The zero-order chi connectivity index (χ0) is 15.1. The molecule has 2 amide bonds. The summed E-state index contributed by atoms with van der Waals surface area (Å²) in [5.74, 6) is 0.409. The zero-order valence-corrected chi connectivity index (χ0v) is 12.7. The number of amides is 2. The van der Waals surface area contributed by atoms with Gasteiger partial charge in [-0.05, 0) is 25.3 Å². The van der Waals surface area contributed by atoms with Crippen molar-refractivity contribution in [1.82, 2.24) is 10.2 Å². The molecule has 1 saturated carbocycles. The van der Waals surface area contributed by atoms with Crippen molar-refractivity contribution in [3.8, 4) is 0 Å². The van der Waals surface area contributed by atoms with Crippen molar-refractivity contribution in [2.75, 3.05) is 32.8 Å². The zero-order valence-electron chi connectivity index (χ0n) is 12.7. The Bertz CT molecular complexity index is 356. The molecule has 0 radical (unpaired) electrons. The van der Waals surface area contributed by atoms with Gasteiger partial charge in [0.25, 0.3) is 0 Å². The van der Waals surface area contributed by atoms with Gasteiger partial charge in [-0.1, -0.05) is 12.8 Å². The highest BCUT2D eigenvalue weighted by molar-refractivity contribution is 5.84. The molecule has 1 saturated heterocycles. The first-order valence-electron chi connectivity index (χ1n) is 8.05. The average Bonchev–Trinajstić information content (AvgIpc) is 2.54. The van der Waals surface area contributed by atoms with Gasteiger partial charge in [0.1, 0.15) is 0 Å².